The molecular weight excluding hydrogens is 332 g/mol. The Labute approximate surface area is 163 Å². The minimum Gasteiger partial charge on any atom is -0.295 e. The van der Waals surface area contributed by atoms with E-state index >= 15 is 0 Å². The number of carbonyl (C=O) groups is 1. The van der Waals surface area contributed by atoms with Crippen molar-refractivity contribution in [1.82, 2.24) is 9.80 Å². The minimum absolute atomic E-state index is 0.109. The summed E-state index contributed by atoms with van der Waals surface area (Å²) in [5.41, 5.74) is 3.30. The van der Waals surface area contributed by atoms with E-state index in [1.54, 1.807) is 6.92 Å². The zero-order chi connectivity index (χ0) is 19.4. The van der Waals surface area contributed by atoms with Gasteiger partial charge >= 0.3 is 0 Å². The van der Waals surface area contributed by atoms with Gasteiger partial charge in [0.2, 0.25) is 0 Å². The molecule has 0 bridgehead atoms. The van der Waals surface area contributed by atoms with Crippen molar-refractivity contribution in [2.75, 3.05) is 19.6 Å². The fourth-order valence-electron chi connectivity index (χ4n) is 4.12. The number of carbonyl (C=O) groups excluding carboxylic acids is 1. The molecule has 3 atom stereocenters. The monoisotopic (exact) mass is 362 g/mol. The van der Waals surface area contributed by atoms with Crippen LogP contribution in [0.15, 0.2) is 67.3 Å². The van der Waals surface area contributed by atoms with E-state index in [4.69, 9.17) is 0 Å². The molecule has 2 aromatic carbocycles. The van der Waals surface area contributed by atoms with Gasteiger partial charge in [-0.2, -0.15) is 0 Å². The largest absolute Gasteiger partial charge is 0.295 e. The summed E-state index contributed by atoms with van der Waals surface area (Å²) in [5, 5.41) is 0. The zero-order valence-corrected chi connectivity index (χ0v) is 16.6. The Bertz CT molecular complexity index is 769. The predicted molar refractivity (Wildman–Crippen MR) is 112 cm³/mol. The van der Waals surface area contributed by atoms with Crippen LogP contribution in [0.4, 0.5) is 0 Å². The average molecular weight is 363 g/mol. The summed E-state index contributed by atoms with van der Waals surface area (Å²) in [6.45, 7) is 13.1. The quantitative estimate of drug-likeness (QED) is 0.556. The van der Waals surface area contributed by atoms with Crippen LogP contribution in [-0.4, -0.2) is 47.3 Å². The lowest BCUT2D eigenvalue weighted by Gasteiger charge is -2.47. The van der Waals surface area contributed by atoms with Gasteiger partial charge < -0.3 is 0 Å². The number of nitrogens with zero attached hydrogens (tertiary/aromatic N) is 2. The molecule has 0 radical (unpaired) electrons. The lowest BCUT2D eigenvalue weighted by molar-refractivity contribution is 0.0306. The number of piperazine rings is 1. The van der Waals surface area contributed by atoms with Crippen molar-refractivity contribution in [3.63, 3.8) is 0 Å². The SMILES string of the molecule is C=CCN1C[C@H](C)N([C@@H](c2ccccc2)c2ccc(C(C)=O)cc2)C[C@H]1C. The van der Waals surface area contributed by atoms with Gasteiger partial charge in [-0.05, 0) is 31.9 Å². The Balaban J connectivity index is 1.95. The third-order valence-corrected chi connectivity index (χ3v) is 5.61. The van der Waals surface area contributed by atoms with Crippen LogP contribution >= 0.6 is 0 Å². The second-order valence-electron chi connectivity index (χ2n) is 7.63. The molecule has 0 aliphatic carbocycles. The van der Waals surface area contributed by atoms with Gasteiger partial charge in [-0.1, -0.05) is 60.7 Å². The van der Waals surface area contributed by atoms with Crippen molar-refractivity contribution < 1.29 is 4.79 Å². The summed E-state index contributed by atoms with van der Waals surface area (Å²) in [4.78, 5) is 16.8. The molecule has 1 aliphatic heterocycles. The lowest BCUT2D eigenvalue weighted by atomic mass is 9.92. The molecule has 3 rings (SSSR count). The lowest BCUT2D eigenvalue weighted by Crippen LogP contribution is -2.57. The van der Waals surface area contributed by atoms with Crippen LogP contribution in [0.2, 0.25) is 0 Å². The molecule has 142 valence electrons. The first kappa shape index (κ1) is 19.5. The van der Waals surface area contributed by atoms with E-state index in [2.05, 4.69) is 72.7 Å². The molecule has 0 amide bonds. The molecule has 1 heterocycles. The molecule has 0 spiro atoms. The number of hydrogen-bond donors (Lipinski definition) is 0. The number of ketones is 1. The van der Waals surface area contributed by atoms with Gasteiger partial charge in [0.15, 0.2) is 5.78 Å². The van der Waals surface area contributed by atoms with E-state index in [1.807, 2.05) is 18.2 Å². The van der Waals surface area contributed by atoms with Crippen LogP contribution in [0.1, 0.15) is 48.3 Å². The topological polar surface area (TPSA) is 23.6 Å². The summed E-state index contributed by atoms with van der Waals surface area (Å²) in [5.74, 6) is 0.109. The third kappa shape index (κ3) is 4.37. The maximum Gasteiger partial charge on any atom is 0.159 e. The summed E-state index contributed by atoms with van der Waals surface area (Å²) in [7, 11) is 0. The van der Waals surface area contributed by atoms with Crippen molar-refractivity contribution >= 4 is 5.78 Å². The molecule has 0 unspecified atom stereocenters. The minimum atomic E-state index is 0.109. The molecule has 0 aromatic heterocycles. The van der Waals surface area contributed by atoms with Crippen molar-refractivity contribution in [2.24, 2.45) is 0 Å². The number of rotatable bonds is 6. The van der Waals surface area contributed by atoms with Crippen LogP contribution < -0.4 is 0 Å². The second kappa shape index (κ2) is 8.64. The van der Waals surface area contributed by atoms with Gasteiger partial charge in [-0.25, -0.2) is 0 Å². The van der Waals surface area contributed by atoms with E-state index in [0.29, 0.717) is 12.1 Å². The molecule has 0 N–H and O–H groups in total. The molecular formula is C24H30N2O. The van der Waals surface area contributed by atoms with Gasteiger partial charge in [0.25, 0.3) is 0 Å². The molecule has 0 saturated carbocycles. The van der Waals surface area contributed by atoms with Gasteiger partial charge in [0.1, 0.15) is 0 Å². The smallest absolute Gasteiger partial charge is 0.159 e. The van der Waals surface area contributed by atoms with Crippen molar-refractivity contribution in [3.8, 4) is 0 Å². The summed E-state index contributed by atoms with van der Waals surface area (Å²) < 4.78 is 0. The fourth-order valence-corrected chi connectivity index (χ4v) is 4.12. The normalized spacial score (nSPS) is 22.3. The Morgan fingerprint density at radius 2 is 1.67 bits per heavy atom. The van der Waals surface area contributed by atoms with E-state index in [-0.39, 0.29) is 11.8 Å². The van der Waals surface area contributed by atoms with Crippen LogP contribution in [-0.2, 0) is 0 Å². The van der Waals surface area contributed by atoms with Gasteiger partial charge in [-0.3, -0.25) is 14.6 Å². The molecule has 1 aliphatic rings. The average Bonchev–Trinajstić information content (AvgIpc) is 2.67. The summed E-state index contributed by atoms with van der Waals surface area (Å²) >= 11 is 0. The maximum absolute atomic E-state index is 11.7. The Morgan fingerprint density at radius 1 is 1.04 bits per heavy atom. The van der Waals surface area contributed by atoms with Crippen LogP contribution in [0, 0.1) is 0 Å². The summed E-state index contributed by atoms with van der Waals surface area (Å²) in [6, 6.07) is 19.9. The van der Waals surface area contributed by atoms with Gasteiger partial charge in [-0.15, -0.1) is 6.58 Å². The third-order valence-electron chi connectivity index (χ3n) is 5.61. The van der Waals surface area contributed by atoms with Gasteiger partial charge in [0.05, 0.1) is 6.04 Å². The van der Waals surface area contributed by atoms with Crippen LogP contribution in [0.25, 0.3) is 0 Å². The summed E-state index contributed by atoms with van der Waals surface area (Å²) in [6.07, 6.45) is 1.99. The van der Waals surface area contributed by atoms with E-state index < -0.39 is 0 Å². The fraction of sp³-hybridized carbons (Fsp3) is 0.375. The molecule has 2 aromatic rings. The van der Waals surface area contributed by atoms with Crippen LogP contribution in [0.5, 0.6) is 0 Å². The molecule has 3 heteroatoms. The van der Waals surface area contributed by atoms with E-state index in [9.17, 15) is 4.79 Å². The first-order valence-corrected chi connectivity index (χ1v) is 9.77. The highest BCUT2D eigenvalue weighted by atomic mass is 16.1. The van der Waals surface area contributed by atoms with Crippen LogP contribution in [0.3, 0.4) is 0 Å². The van der Waals surface area contributed by atoms with Gasteiger partial charge in [0, 0.05) is 37.3 Å². The van der Waals surface area contributed by atoms with Crippen molar-refractivity contribution in [1.29, 1.82) is 0 Å². The predicted octanol–water partition coefficient (Wildman–Crippen LogP) is 4.56. The number of hydrogen-bond acceptors (Lipinski definition) is 3. The highest BCUT2D eigenvalue weighted by Crippen LogP contribution is 2.33. The van der Waals surface area contributed by atoms with Crippen molar-refractivity contribution in [3.05, 3.63) is 83.9 Å². The Morgan fingerprint density at radius 3 is 2.26 bits per heavy atom. The standard InChI is InChI=1S/C24H30N2O/c1-5-15-25-16-19(3)26(17-18(25)2)24(22-9-7-6-8-10-22)23-13-11-21(12-14-23)20(4)27/h5-14,18-19,24H,1,15-17H2,2-4H3/t18-,19+,24+/m1/s1. The highest BCUT2D eigenvalue weighted by molar-refractivity contribution is 5.94. The van der Waals surface area contributed by atoms with E-state index in [1.165, 1.54) is 11.1 Å². The Kier molecular flexibility index (Phi) is 6.25. The van der Waals surface area contributed by atoms with Crippen molar-refractivity contribution in [2.45, 2.75) is 38.9 Å². The molecule has 1 saturated heterocycles. The molecule has 3 nitrogen and oxygen atoms in total. The highest BCUT2D eigenvalue weighted by Gasteiger charge is 2.34. The first-order valence-electron chi connectivity index (χ1n) is 9.77. The van der Waals surface area contributed by atoms with E-state index in [0.717, 1.165) is 25.2 Å². The maximum atomic E-state index is 11.7. The Hall–Kier alpha value is -2.23. The molecule has 27 heavy (non-hydrogen) atoms. The molecule has 1 fully saturated rings. The first-order chi connectivity index (χ1) is 13.0. The number of Topliss-reactive ketones (excluding diaryl/α,β-unsaturated/α-hetero) is 1. The number of benzene rings is 2. The zero-order valence-electron chi connectivity index (χ0n) is 16.6. The second-order valence-corrected chi connectivity index (χ2v) is 7.63.